The summed E-state index contributed by atoms with van der Waals surface area (Å²) in [5.74, 6) is 0.555. The number of rotatable bonds is 10. The number of hydrogen-bond donors (Lipinski definition) is 0. The van der Waals surface area contributed by atoms with Crippen molar-refractivity contribution in [1.82, 2.24) is 4.57 Å². The number of carbonyl (C=O) groups is 2. The van der Waals surface area contributed by atoms with Gasteiger partial charge in [-0.1, -0.05) is 41.7 Å². The van der Waals surface area contributed by atoms with Crippen LogP contribution in [0.4, 0.5) is 0 Å². The lowest BCUT2D eigenvalue weighted by molar-refractivity contribution is -0.140. The second-order valence-electron chi connectivity index (χ2n) is 10.2. The Bertz CT molecular complexity index is 1900. The molecule has 5 rings (SSSR count). The monoisotopic (exact) mass is 616 g/mol. The van der Waals surface area contributed by atoms with Gasteiger partial charge in [-0.2, -0.15) is 0 Å². The summed E-state index contributed by atoms with van der Waals surface area (Å²) >= 11 is 1.19. The third kappa shape index (κ3) is 6.29. The number of benzene rings is 2. The highest BCUT2D eigenvalue weighted by Gasteiger charge is 2.35. The number of furan rings is 1. The molecule has 1 unspecified atom stereocenters. The van der Waals surface area contributed by atoms with Crippen molar-refractivity contribution in [2.75, 3.05) is 27.4 Å². The maximum atomic E-state index is 14.0. The number of aromatic nitrogens is 1. The molecule has 1 aliphatic heterocycles. The van der Waals surface area contributed by atoms with Crippen molar-refractivity contribution in [3.05, 3.63) is 109 Å². The van der Waals surface area contributed by atoms with Crippen LogP contribution < -0.4 is 19.6 Å². The van der Waals surface area contributed by atoms with Crippen molar-refractivity contribution in [3.63, 3.8) is 0 Å². The van der Waals surface area contributed by atoms with Crippen LogP contribution in [0.25, 0.3) is 17.4 Å². The molecule has 1 aliphatic rings. The molecular formula is C33H32N2O8S. The Morgan fingerprint density at radius 3 is 2.48 bits per heavy atom. The minimum atomic E-state index is -0.826. The van der Waals surface area contributed by atoms with Crippen LogP contribution in [0.15, 0.2) is 86.1 Å². The molecule has 0 saturated heterocycles. The number of nitrogens with zero attached hydrogens (tertiary/aromatic N) is 2. The zero-order valence-corrected chi connectivity index (χ0v) is 25.8. The van der Waals surface area contributed by atoms with E-state index in [4.69, 9.17) is 23.4 Å². The van der Waals surface area contributed by atoms with E-state index >= 15 is 0 Å². The molecule has 0 aliphatic carbocycles. The molecule has 2 aromatic carbocycles. The summed E-state index contributed by atoms with van der Waals surface area (Å²) in [6, 6.07) is 16.9. The molecule has 0 saturated carbocycles. The van der Waals surface area contributed by atoms with Gasteiger partial charge in [0.05, 0.1) is 41.2 Å². The van der Waals surface area contributed by atoms with E-state index in [1.165, 1.54) is 30.1 Å². The molecule has 1 atom stereocenters. The molecule has 0 fully saturated rings. The third-order valence-corrected chi connectivity index (χ3v) is 7.83. The van der Waals surface area contributed by atoms with Gasteiger partial charge < -0.3 is 23.4 Å². The first-order valence-corrected chi connectivity index (χ1v) is 14.8. The van der Waals surface area contributed by atoms with Crippen LogP contribution in [0, 0.1) is 0 Å². The summed E-state index contributed by atoms with van der Waals surface area (Å²) in [4.78, 5) is 44.5. The number of methoxy groups -OCH3 is 2. The van der Waals surface area contributed by atoms with E-state index in [1.807, 2.05) is 18.2 Å². The Kier molecular flexibility index (Phi) is 9.26. The molecule has 11 heteroatoms. The minimum absolute atomic E-state index is 0.0563. The van der Waals surface area contributed by atoms with Gasteiger partial charge in [0.15, 0.2) is 4.80 Å². The Morgan fingerprint density at radius 1 is 1.02 bits per heavy atom. The van der Waals surface area contributed by atoms with E-state index in [0.29, 0.717) is 43.4 Å². The number of hydrogen-bond acceptors (Lipinski definition) is 10. The minimum Gasteiger partial charge on any atom is -0.496 e. The number of allylic oxidation sites excluding steroid dienone is 1. The molecule has 0 bridgehead atoms. The van der Waals surface area contributed by atoms with Crippen LogP contribution in [-0.4, -0.2) is 50.0 Å². The summed E-state index contributed by atoms with van der Waals surface area (Å²) in [7, 11) is 3.06. The van der Waals surface area contributed by atoms with Gasteiger partial charge in [-0.3, -0.25) is 9.36 Å². The van der Waals surface area contributed by atoms with Crippen molar-refractivity contribution in [2.45, 2.75) is 32.9 Å². The number of fused-ring (bicyclic) bond motifs is 1. The highest BCUT2D eigenvalue weighted by Crippen LogP contribution is 2.35. The van der Waals surface area contributed by atoms with E-state index in [0.717, 1.165) is 5.56 Å². The molecule has 0 spiro atoms. The van der Waals surface area contributed by atoms with E-state index in [1.54, 1.807) is 69.3 Å². The second kappa shape index (κ2) is 13.3. The lowest BCUT2D eigenvalue weighted by Crippen LogP contribution is -2.40. The summed E-state index contributed by atoms with van der Waals surface area (Å²) in [6.45, 7) is 5.60. The van der Waals surface area contributed by atoms with Crippen molar-refractivity contribution in [1.29, 1.82) is 0 Å². The van der Waals surface area contributed by atoms with Gasteiger partial charge in [0.2, 0.25) is 0 Å². The molecular weight excluding hydrogens is 584 g/mol. The lowest BCUT2D eigenvalue weighted by atomic mass is 9.95. The number of carbonyl (C=O) groups excluding carboxylic acids is 2. The van der Waals surface area contributed by atoms with E-state index in [-0.39, 0.29) is 30.5 Å². The smallest absolute Gasteiger partial charge is 0.338 e. The topological polar surface area (TPSA) is 119 Å². The predicted octanol–water partition coefficient (Wildman–Crippen LogP) is 4.26. The molecule has 3 heterocycles. The number of esters is 2. The summed E-state index contributed by atoms with van der Waals surface area (Å²) in [5, 5.41) is 0. The first-order chi connectivity index (χ1) is 21.2. The largest absolute Gasteiger partial charge is 0.496 e. The van der Waals surface area contributed by atoms with Gasteiger partial charge in [0, 0.05) is 24.3 Å². The van der Waals surface area contributed by atoms with Crippen LogP contribution in [-0.2, 0) is 19.0 Å². The zero-order chi connectivity index (χ0) is 31.4. The fourth-order valence-corrected chi connectivity index (χ4v) is 5.86. The average Bonchev–Trinajstić information content (AvgIpc) is 3.60. The summed E-state index contributed by atoms with van der Waals surface area (Å²) in [6.07, 6.45) is 1.44. The van der Waals surface area contributed by atoms with Crippen LogP contribution in [0.2, 0.25) is 0 Å². The predicted molar refractivity (Wildman–Crippen MR) is 164 cm³/mol. The zero-order valence-electron chi connectivity index (χ0n) is 25.0. The van der Waals surface area contributed by atoms with Gasteiger partial charge in [-0.25, -0.2) is 14.6 Å². The Labute approximate surface area is 257 Å². The summed E-state index contributed by atoms with van der Waals surface area (Å²) in [5.41, 5.74) is 2.16. The first kappa shape index (κ1) is 30.7. The number of para-hydroxylation sites is 1. The third-order valence-electron chi connectivity index (χ3n) is 6.84. The molecule has 228 valence electrons. The van der Waals surface area contributed by atoms with Gasteiger partial charge in [-0.15, -0.1) is 0 Å². The van der Waals surface area contributed by atoms with Gasteiger partial charge in [-0.05, 0) is 51.1 Å². The molecule has 2 aromatic heterocycles. The fraction of sp³-hybridized carbons (Fsp3) is 0.273. The van der Waals surface area contributed by atoms with Gasteiger partial charge in [0.1, 0.15) is 29.9 Å². The number of ether oxygens (including phenoxy) is 4. The van der Waals surface area contributed by atoms with Gasteiger partial charge in [0.25, 0.3) is 5.56 Å². The van der Waals surface area contributed by atoms with E-state index in [9.17, 15) is 14.4 Å². The molecule has 0 radical (unpaired) electrons. The molecule has 0 amide bonds. The maximum absolute atomic E-state index is 14.0. The molecule has 10 nitrogen and oxygen atoms in total. The highest BCUT2D eigenvalue weighted by atomic mass is 32.1. The molecule has 4 aromatic rings. The normalized spacial score (nSPS) is 14.8. The van der Waals surface area contributed by atoms with Crippen LogP contribution in [0.1, 0.15) is 48.5 Å². The fourth-order valence-electron chi connectivity index (χ4n) is 4.83. The van der Waals surface area contributed by atoms with E-state index < -0.39 is 18.0 Å². The van der Waals surface area contributed by atoms with Crippen molar-refractivity contribution < 1.29 is 33.0 Å². The SMILES string of the molecule is COCCOC(=O)C1=C(C)N=c2sc(=Cc3ccc(-c4ccc(C(=O)OC(C)C)cc4)o3)c(=O)n2C1c1ccccc1OC. The quantitative estimate of drug-likeness (QED) is 0.192. The Morgan fingerprint density at radius 2 is 1.77 bits per heavy atom. The maximum Gasteiger partial charge on any atom is 0.338 e. The number of thiazole rings is 1. The standard InChI is InChI=1S/C33H32N2O8S/c1-19(2)42-31(37)22-12-10-21(11-13-22)25-15-14-23(43-25)18-27-30(36)35-29(24-8-6-7-9-26(24)40-5)28(20(3)34-33(35)44-27)32(38)41-17-16-39-4/h6-15,18-19,29H,16-17H2,1-5H3. The van der Waals surface area contributed by atoms with Crippen molar-refractivity contribution >= 4 is 29.4 Å². The van der Waals surface area contributed by atoms with Gasteiger partial charge >= 0.3 is 11.9 Å². The second-order valence-corrected chi connectivity index (χ2v) is 11.2. The lowest BCUT2D eigenvalue weighted by Gasteiger charge is -2.26. The summed E-state index contributed by atoms with van der Waals surface area (Å²) < 4.78 is 29.3. The van der Waals surface area contributed by atoms with Crippen LogP contribution >= 0.6 is 11.3 Å². The molecule has 0 N–H and O–H groups in total. The van der Waals surface area contributed by atoms with Crippen molar-refractivity contribution in [3.8, 4) is 17.1 Å². The average molecular weight is 617 g/mol. The Hall–Kier alpha value is -4.74. The highest BCUT2D eigenvalue weighted by molar-refractivity contribution is 7.07. The first-order valence-electron chi connectivity index (χ1n) is 13.9. The van der Waals surface area contributed by atoms with Crippen LogP contribution in [0.5, 0.6) is 5.75 Å². The molecule has 44 heavy (non-hydrogen) atoms. The van der Waals surface area contributed by atoms with Crippen molar-refractivity contribution in [2.24, 2.45) is 4.99 Å². The van der Waals surface area contributed by atoms with E-state index in [2.05, 4.69) is 4.99 Å². The van der Waals surface area contributed by atoms with Crippen LogP contribution in [0.3, 0.4) is 0 Å². The Balaban J connectivity index is 1.53.